The van der Waals surface area contributed by atoms with E-state index in [9.17, 15) is 9.59 Å². The Kier molecular flexibility index (Phi) is 6.73. The van der Waals surface area contributed by atoms with Gasteiger partial charge in [0.15, 0.2) is 0 Å². The topological polar surface area (TPSA) is 66.4 Å². The van der Waals surface area contributed by atoms with Crippen LogP contribution >= 0.6 is 23.1 Å². The molecule has 0 saturated carbocycles. The molecule has 1 aromatic rings. The SMILES string of the molecule is O=C(O)CCSCC(=O)NCCc1cccs1. The summed E-state index contributed by atoms with van der Waals surface area (Å²) in [5, 5.41) is 13.2. The van der Waals surface area contributed by atoms with Crippen molar-refractivity contribution in [2.45, 2.75) is 12.8 Å². The van der Waals surface area contributed by atoms with E-state index in [1.165, 1.54) is 16.6 Å². The predicted octanol–water partition coefficient (Wildman–Crippen LogP) is 1.61. The molecule has 1 amide bonds. The van der Waals surface area contributed by atoms with Gasteiger partial charge in [0.2, 0.25) is 5.91 Å². The summed E-state index contributed by atoms with van der Waals surface area (Å²) in [4.78, 5) is 22.8. The van der Waals surface area contributed by atoms with E-state index < -0.39 is 5.97 Å². The molecule has 1 rings (SSSR count). The number of hydrogen-bond acceptors (Lipinski definition) is 4. The van der Waals surface area contributed by atoms with Gasteiger partial charge in [-0.1, -0.05) is 6.07 Å². The maximum atomic E-state index is 11.3. The monoisotopic (exact) mass is 273 g/mol. The van der Waals surface area contributed by atoms with Crippen molar-refractivity contribution in [2.75, 3.05) is 18.1 Å². The van der Waals surface area contributed by atoms with Crippen LogP contribution in [0.25, 0.3) is 0 Å². The van der Waals surface area contributed by atoms with Gasteiger partial charge in [0.05, 0.1) is 12.2 Å². The minimum absolute atomic E-state index is 0.0306. The van der Waals surface area contributed by atoms with Gasteiger partial charge in [-0.05, 0) is 17.9 Å². The summed E-state index contributed by atoms with van der Waals surface area (Å²) in [7, 11) is 0. The average Bonchev–Trinajstić information content (AvgIpc) is 2.77. The van der Waals surface area contributed by atoms with Crippen molar-refractivity contribution in [3.05, 3.63) is 22.4 Å². The van der Waals surface area contributed by atoms with Gasteiger partial charge in [-0.15, -0.1) is 11.3 Å². The second-order valence-electron chi connectivity index (χ2n) is 3.38. The van der Waals surface area contributed by atoms with Crippen molar-refractivity contribution in [1.82, 2.24) is 5.32 Å². The van der Waals surface area contributed by atoms with Gasteiger partial charge in [-0.3, -0.25) is 9.59 Å². The maximum absolute atomic E-state index is 11.3. The van der Waals surface area contributed by atoms with E-state index in [4.69, 9.17) is 5.11 Å². The molecule has 6 heteroatoms. The van der Waals surface area contributed by atoms with Crippen molar-refractivity contribution in [1.29, 1.82) is 0 Å². The summed E-state index contributed by atoms with van der Waals surface area (Å²) in [6, 6.07) is 4.03. The van der Waals surface area contributed by atoms with Crippen molar-refractivity contribution in [3.8, 4) is 0 Å². The molecule has 0 unspecified atom stereocenters. The van der Waals surface area contributed by atoms with Crippen LogP contribution in [0.1, 0.15) is 11.3 Å². The van der Waals surface area contributed by atoms with E-state index in [-0.39, 0.29) is 12.3 Å². The van der Waals surface area contributed by atoms with Gasteiger partial charge in [0.25, 0.3) is 0 Å². The number of aliphatic carboxylic acids is 1. The molecule has 0 bridgehead atoms. The van der Waals surface area contributed by atoms with Crippen LogP contribution in [0.2, 0.25) is 0 Å². The zero-order chi connectivity index (χ0) is 12.5. The van der Waals surface area contributed by atoms with Crippen molar-refractivity contribution < 1.29 is 14.7 Å². The second kappa shape index (κ2) is 8.14. The third-order valence-electron chi connectivity index (χ3n) is 1.97. The summed E-state index contributed by atoms with van der Waals surface area (Å²) in [6.45, 7) is 0.638. The number of amides is 1. The highest BCUT2D eigenvalue weighted by atomic mass is 32.2. The highest BCUT2D eigenvalue weighted by molar-refractivity contribution is 7.99. The molecule has 1 heterocycles. The minimum Gasteiger partial charge on any atom is -0.481 e. The van der Waals surface area contributed by atoms with Crippen LogP contribution in [0.4, 0.5) is 0 Å². The van der Waals surface area contributed by atoms with E-state index in [1.807, 2.05) is 17.5 Å². The zero-order valence-electron chi connectivity index (χ0n) is 9.35. The first-order valence-corrected chi connectivity index (χ1v) is 7.30. The van der Waals surface area contributed by atoms with E-state index in [0.717, 1.165) is 6.42 Å². The van der Waals surface area contributed by atoms with Crippen LogP contribution < -0.4 is 5.32 Å². The van der Waals surface area contributed by atoms with E-state index >= 15 is 0 Å². The van der Waals surface area contributed by atoms with E-state index in [2.05, 4.69) is 5.32 Å². The normalized spacial score (nSPS) is 10.1. The van der Waals surface area contributed by atoms with Crippen molar-refractivity contribution >= 4 is 35.0 Å². The molecule has 0 fully saturated rings. The van der Waals surface area contributed by atoms with Crippen LogP contribution in [-0.4, -0.2) is 35.0 Å². The van der Waals surface area contributed by atoms with Crippen molar-refractivity contribution in [2.24, 2.45) is 0 Å². The lowest BCUT2D eigenvalue weighted by atomic mass is 10.3. The molecule has 17 heavy (non-hydrogen) atoms. The second-order valence-corrected chi connectivity index (χ2v) is 5.51. The van der Waals surface area contributed by atoms with Gasteiger partial charge < -0.3 is 10.4 Å². The summed E-state index contributed by atoms with van der Waals surface area (Å²) in [5.41, 5.74) is 0. The van der Waals surface area contributed by atoms with E-state index in [1.54, 1.807) is 11.3 Å². The number of carbonyl (C=O) groups excluding carboxylic acids is 1. The van der Waals surface area contributed by atoms with Crippen LogP contribution in [0.3, 0.4) is 0 Å². The summed E-state index contributed by atoms with van der Waals surface area (Å²) < 4.78 is 0. The summed E-state index contributed by atoms with van der Waals surface area (Å²) >= 11 is 3.02. The highest BCUT2D eigenvalue weighted by Crippen LogP contribution is 2.08. The Morgan fingerprint density at radius 2 is 2.29 bits per heavy atom. The molecular formula is C11H15NO3S2. The predicted molar refractivity (Wildman–Crippen MR) is 70.6 cm³/mol. The molecule has 0 atom stereocenters. The summed E-state index contributed by atoms with van der Waals surface area (Å²) in [6.07, 6.45) is 0.955. The Bertz CT molecular complexity index is 352. The number of thioether (sulfide) groups is 1. The molecule has 4 nitrogen and oxygen atoms in total. The Hall–Kier alpha value is -1.01. The summed E-state index contributed by atoms with van der Waals surface area (Å²) in [5.74, 6) is -0.0432. The number of carbonyl (C=O) groups is 2. The van der Waals surface area contributed by atoms with E-state index in [0.29, 0.717) is 18.1 Å². The number of carboxylic acid groups (broad SMARTS) is 1. The molecule has 0 radical (unpaired) electrons. The number of hydrogen-bond donors (Lipinski definition) is 2. The quantitative estimate of drug-likeness (QED) is 0.706. The molecule has 0 aromatic carbocycles. The molecule has 0 saturated heterocycles. The molecule has 0 spiro atoms. The lowest BCUT2D eigenvalue weighted by molar-refractivity contribution is -0.136. The molecular weight excluding hydrogens is 258 g/mol. The third kappa shape index (κ3) is 7.01. The molecule has 1 aromatic heterocycles. The lowest BCUT2D eigenvalue weighted by Crippen LogP contribution is -2.27. The van der Waals surface area contributed by atoms with Gasteiger partial charge in [0, 0.05) is 17.2 Å². The first-order chi connectivity index (χ1) is 8.18. The van der Waals surface area contributed by atoms with Gasteiger partial charge in [0.1, 0.15) is 0 Å². The third-order valence-corrected chi connectivity index (χ3v) is 3.86. The number of nitrogens with one attached hydrogen (secondary N) is 1. The first-order valence-electron chi connectivity index (χ1n) is 5.27. The van der Waals surface area contributed by atoms with Gasteiger partial charge in [-0.25, -0.2) is 0 Å². The number of thiophene rings is 1. The Balaban J connectivity index is 1.99. The van der Waals surface area contributed by atoms with Gasteiger partial charge in [-0.2, -0.15) is 11.8 Å². The lowest BCUT2D eigenvalue weighted by Gasteiger charge is -2.03. The first kappa shape index (κ1) is 14.1. The molecule has 94 valence electrons. The molecule has 0 aliphatic carbocycles. The largest absolute Gasteiger partial charge is 0.481 e. The Morgan fingerprint density at radius 1 is 1.47 bits per heavy atom. The fourth-order valence-corrected chi connectivity index (χ4v) is 2.62. The molecule has 0 aliphatic rings. The number of carboxylic acids is 1. The Labute approximate surface area is 108 Å². The standard InChI is InChI=1S/C11H15NO3S2/c13-10(8-16-7-4-11(14)15)12-5-3-9-2-1-6-17-9/h1-2,6H,3-5,7-8H2,(H,12,13)(H,14,15). The van der Waals surface area contributed by atoms with Crippen LogP contribution in [0, 0.1) is 0 Å². The fourth-order valence-electron chi connectivity index (χ4n) is 1.16. The molecule has 2 N–H and O–H groups in total. The van der Waals surface area contributed by atoms with Crippen LogP contribution in [0.5, 0.6) is 0 Å². The molecule has 0 aliphatic heterocycles. The van der Waals surface area contributed by atoms with Gasteiger partial charge >= 0.3 is 5.97 Å². The zero-order valence-corrected chi connectivity index (χ0v) is 11.0. The minimum atomic E-state index is -0.824. The average molecular weight is 273 g/mol. The Morgan fingerprint density at radius 3 is 2.94 bits per heavy atom. The number of rotatable bonds is 8. The highest BCUT2D eigenvalue weighted by Gasteiger charge is 2.03. The smallest absolute Gasteiger partial charge is 0.304 e. The van der Waals surface area contributed by atoms with Crippen molar-refractivity contribution in [3.63, 3.8) is 0 Å². The van der Waals surface area contributed by atoms with Crippen LogP contribution in [-0.2, 0) is 16.0 Å². The van der Waals surface area contributed by atoms with Crippen LogP contribution in [0.15, 0.2) is 17.5 Å². The maximum Gasteiger partial charge on any atom is 0.304 e. The fraction of sp³-hybridized carbons (Fsp3) is 0.455.